The first kappa shape index (κ1) is 21.6. The average molecular weight is 421 g/mol. The molecule has 0 aromatic heterocycles. The van der Waals surface area contributed by atoms with Gasteiger partial charge in [-0.3, -0.25) is 0 Å². The van der Waals surface area contributed by atoms with E-state index in [1.807, 2.05) is 43.3 Å². The van der Waals surface area contributed by atoms with Crippen LogP contribution in [0.4, 0.5) is 32.8 Å². The highest BCUT2D eigenvalue weighted by Gasteiger charge is 2.11. The number of esters is 1. The molecule has 1 N–H and O–H groups in total. The van der Waals surface area contributed by atoms with Gasteiger partial charge in [0.15, 0.2) is 5.82 Å². The summed E-state index contributed by atoms with van der Waals surface area (Å²) in [5.74, 6) is -1.61. The molecule has 0 aliphatic rings. The SMILES string of the molecule is COC(=O)c1ccc(/N=N/c2ccc(/N=N/c3ccc(N(C)C)cc3)cc2F)cc1O. The van der Waals surface area contributed by atoms with Crippen LogP contribution in [0.3, 0.4) is 0 Å². The summed E-state index contributed by atoms with van der Waals surface area (Å²) in [5, 5.41) is 25.7. The molecule has 8 nitrogen and oxygen atoms in total. The first-order valence-corrected chi connectivity index (χ1v) is 9.19. The van der Waals surface area contributed by atoms with Gasteiger partial charge in [0.2, 0.25) is 0 Å². The Balaban J connectivity index is 1.72. The summed E-state index contributed by atoms with van der Waals surface area (Å²) in [6.45, 7) is 0. The lowest BCUT2D eigenvalue weighted by atomic mass is 10.2. The zero-order valence-corrected chi connectivity index (χ0v) is 17.2. The summed E-state index contributed by atoms with van der Waals surface area (Å²) in [6, 6.07) is 15.7. The minimum Gasteiger partial charge on any atom is -0.507 e. The predicted octanol–water partition coefficient (Wildman–Crippen LogP) is 6.21. The molecule has 0 aliphatic carbocycles. The summed E-state index contributed by atoms with van der Waals surface area (Å²) in [4.78, 5) is 13.5. The summed E-state index contributed by atoms with van der Waals surface area (Å²) >= 11 is 0. The summed E-state index contributed by atoms with van der Waals surface area (Å²) < 4.78 is 18.9. The van der Waals surface area contributed by atoms with E-state index in [9.17, 15) is 14.3 Å². The highest BCUT2D eigenvalue weighted by molar-refractivity contribution is 5.92. The number of anilines is 1. The second-order valence-corrected chi connectivity index (χ2v) is 6.64. The van der Waals surface area contributed by atoms with Crippen molar-refractivity contribution >= 4 is 34.4 Å². The number of hydrogen-bond donors (Lipinski definition) is 1. The lowest BCUT2D eigenvalue weighted by Crippen LogP contribution is -2.07. The molecule has 3 rings (SSSR count). The van der Waals surface area contributed by atoms with Crippen molar-refractivity contribution in [2.24, 2.45) is 20.5 Å². The highest BCUT2D eigenvalue weighted by Crippen LogP contribution is 2.29. The molecule has 0 saturated carbocycles. The second-order valence-electron chi connectivity index (χ2n) is 6.64. The Bertz CT molecular complexity index is 1140. The van der Waals surface area contributed by atoms with Gasteiger partial charge in [-0.1, -0.05) is 0 Å². The topological polar surface area (TPSA) is 99.2 Å². The van der Waals surface area contributed by atoms with Crippen LogP contribution in [0.15, 0.2) is 81.1 Å². The van der Waals surface area contributed by atoms with Crippen molar-refractivity contribution in [1.82, 2.24) is 0 Å². The van der Waals surface area contributed by atoms with Crippen LogP contribution < -0.4 is 4.90 Å². The normalized spacial score (nSPS) is 11.2. The van der Waals surface area contributed by atoms with Gasteiger partial charge in [0.1, 0.15) is 17.0 Å². The van der Waals surface area contributed by atoms with Crippen LogP contribution in [0, 0.1) is 5.82 Å². The van der Waals surface area contributed by atoms with Crippen LogP contribution in [0.1, 0.15) is 10.4 Å². The second kappa shape index (κ2) is 9.57. The summed E-state index contributed by atoms with van der Waals surface area (Å²) in [5.41, 5.74) is 2.24. The molecule has 0 radical (unpaired) electrons. The summed E-state index contributed by atoms with van der Waals surface area (Å²) in [6.07, 6.45) is 0. The molecule has 0 aliphatic heterocycles. The maximum atomic E-state index is 14.3. The monoisotopic (exact) mass is 421 g/mol. The Labute approximate surface area is 178 Å². The molecule has 9 heteroatoms. The third-order valence-electron chi connectivity index (χ3n) is 4.24. The molecule has 0 unspecified atom stereocenters. The Morgan fingerprint density at radius 1 is 0.871 bits per heavy atom. The molecular formula is C22H20FN5O3. The standard InChI is InChI=1S/C22H20FN5O3/c1-28(2)17-8-4-14(5-9-17)24-25-15-7-11-20(19(23)12-15)27-26-16-6-10-18(21(29)13-16)22(30)31-3/h4-13,29H,1-3H3/b25-24+,27-26+. The van der Waals surface area contributed by atoms with Crippen molar-refractivity contribution in [3.63, 3.8) is 0 Å². The Morgan fingerprint density at radius 2 is 1.45 bits per heavy atom. The fourth-order valence-electron chi connectivity index (χ4n) is 2.55. The van der Waals surface area contributed by atoms with Gasteiger partial charge >= 0.3 is 5.97 Å². The number of carbonyl (C=O) groups is 1. The fourth-order valence-corrected chi connectivity index (χ4v) is 2.55. The zero-order chi connectivity index (χ0) is 22.4. The molecule has 3 aromatic carbocycles. The molecule has 0 heterocycles. The molecule has 31 heavy (non-hydrogen) atoms. The number of hydrogen-bond acceptors (Lipinski definition) is 8. The number of rotatable bonds is 6. The molecule has 0 spiro atoms. The van der Waals surface area contributed by atoms with Gasteiger partial charge in [-0.2, -0.15) is 15.3 Å². The number of phenolic OH excluding ortho intramolecular Hbond substituents is 1. The van der Waals surface area contributed by atoms with Crippen molar-refractivity contribution in [3.8, 4) is 5.75 Å². The number of benzene rings is 3. The van der Waals surface area contributed by atoms with Gasteiger partial charge < -0.3 is 14.7 Å². The molecule has 0 amide bonds. The number of phenols is 1. The minimum atomic E-state index is -0.676. The van der Waals surface area contributed by atoms with Gasteiger partial charge in [-0.25, -0.2) is 9.18 Å². The summed E-state index contributed by atoms with van der Waals surface area (Å²) in [7, 11) is 5.10. The van der Waals surface area contributed by atoms with E-state index in [1.54, 1.807) is 6.07 Å². The van der Waals surface area contributed by atoms with Crippen molar-refractivity contribution in [2.45, 2.75) is 0 Å². The van der Waals surface area contributed by atoms with Crippen LogP contribution in [0.5, 0.6) is 5.75 Å². The largest absolute Gasteiger partial charge is 0.507 e. The zero-order valence-electron chi connectivity index (χ0n) is 17.2. The predicted molar refractivity (Wildman–Crippen MR) is 115 cm³/mol. The van der Waals surface area contributed by atoms with Gasteiger partial charge in [0.05, 0.1) is 24.2 Å². The van der Waals surface area contributed by atoms with E-state index in [0.29, 0.717) is 11.4 Å². The smallest absolute Gasteiger partial charge is 0.341 e. The number of aromatic hydroxyl groups is 1. The number of methoxy groups -OCH3 is 1. The third kappa shape index (κ3) is 5.47. The average Bonchev–Trinajstić information content (AvgIpc) is 2.77. The van der Waals surface area contributed by atoms with Crippen molar-refractivity contribution in [2.75, 3.05) is 26.1 Å². The Hall–Kier alpha value is -4.14. The molecule has 3 aromatic rings. The van der Waals surface area contributed by atoms with Crippen molar-refractivity contribution in [3.05, 3.63) is 72.0 Å². The molecule has 0 saturated heterocycles. The maximum Gasteiger partial charge on any atom is 0.341 e. The van der Waals surface area contributed by atoms with E-state index < -0.39 is 11.8 Å². The van der Waals surface area contributed by atoms with Gasteiger partial charge in [-0.15, -0.1) is 5.11 Å². The number of nitrogens with zero attached hydrogens (tertiary/aromatic N) is 5. The molecular weight excluding hydrogens is 401 g/mol. The lowest BCUT2D eigenvalue weighted by Gasteiger charge is -2.11. The molecule has 0 fully saturated rings. The quantitative estimate of drug-likeness (QED) is 0.377. The molecule has 0 atom stereocenters. The molecule has 0 bridgehead atoms. The number of ether oxygens (including phenoxy) is 1. The van der Waals surface area contributed by atoms with Crippen LogP contribution in [-0.4, -0.2) is 32.3 Å². The van der Waals surface area contributed by atoms with Crippen molar-refractivity contribution < 1.29 is 19.0 Å². The van der Waals surface area contributed by atoms with E-state index in [2.05, 4.69) is 25.2 Å². The van der Waals surface area contributed by atoms with Gasteiger partial charge in [0, 0.05) is 31.9 Å². The highest BCUT2D eigenvalue weighted by atomic mass is 19.1. The van der Waals surface area contributed by atoms with Crippen LogP contribution in [0.25, 0.3) is 0 Å². The van der Waals surface area contributed by atoms with E-state index in [1.165, 1.54) is 37.4 Å². The number of carbonyl (C=O) groups excluding carboxylic acids is 1. The van der Waals surface area contributed by atoms with E-state index >= 15 is 0 Å². The first-order chi connectivity index (χ1) is 14.9. The molecule has 158 valence electrons. The first-order valence-electron chi connectivity index (χ1n) is 9.19. The fraction of sp³-hybridized carbons (Fsp3) is 0.136. The number of halogens is 1. The van der Waals surface area contributed by atoms with Crippen LogP contribution in [-0.2, 0) is 4.74 Å². The Kier molecular flexibility index (Phi) is 6.66. The van der Waals surface area contributed by atoms with Crippen molar-refractivity contribution in [1.29, 1.82) is 0 Å². The van der Waals surface area contributed by atoms with Crippen LogP contribution >= 0.6 is 0 Å². The maximum absolute atomic E-state index is 14.3. The number of azo groups is 2. The lowest BCUT2D eigenvalue weighted by molar-refractivity contribution is 0.0597. The third-order valence-corrected chi connectivity index (χ3v) is 4.24. The van der Waals surface area contributed by atoms with Gasteiger partial charge in [0.25, 0.3) is 0 Å². The van der Waals surface area contributed by atoms with Gasteiger partial charge in [-0.05, 0) is 48.5 Å². The minimum absolute atomic E-state index is 0.00120. The van der Waals surface area contributed by atoms with E-state index in [-0.39, 0.29) is 22.7 Å². The Morgan fingerprint density at radius 3 is 2.06 bits per heavy atom. The van der Waals surface area contributed by atoms with Crippen LogP contribution in [0.2, 0.25) is 0 Å². The van der Waals surface area contributed by atoms with E-state index in [0.717, 1.165) is 5.69 Å². The van der Waals surface area contributed by atoms with E-state index in [4.69, 9.17) is 0 Å².